The Kier molecular flexibility index (Phi) is 18.3. The van der Waals surface area contributed by atoms with Crippen molar-refractivity contribution in [1.29, 1.82) is 0 Å². The summed E-state index contributed by atoms with van der Waals surface area (Å²) in [6.07, 6.45) is 1.00. The number of carbonyl (C=O) groups is 4. The zero-order chi connectivity index (χ0) is 50.4. The fraction of sp³-hybridized carbons (Fsp3) is 0.918. The minimum Gasteiger partial charge on any atom is -0.466 e. The third-order valence-electron chi connectivity index (χ3n) is 13.4. The molecule has 0 radical (unpaired) electrons. The first-order valence-corrected chi connectivity index (χ1v) is 25.2. The molecule has 400 valence electrons. The maximum absolute atomic E-state index is 12.4. The molecule has 8 rings (SSSR count). The van der Waals surface area contributed by atoms with Gasteiger partial charge in [-0.1, -0.05) is 13.8 Å². The van der Waals surface area contributed by atoms with Gasteiger partial charge in [-0.15, -0.1) is 0 Å². The van der Waals surface area contributed by atoms with E-state index in [1.165, 1.54) is 0 Å². The Labute approximate surface area is 411 Å². The summed E-state index contributed by atoms with van der Waals surface area (Å²) in [6.45, 7) is 19.3. The van der Waals surface area contributed by atoms with Crippen LogP contribution in [0.25, 0.3) is 0 Å². The molecule has 8 fully saturated rings. The van der Waals surface area contributed by atoms with Crippen LogP contribution in [0.5, 0.6) is 0 Å². The number of esters is 4. The van der Waals surface area contributed by atoms with Crippen molar-refractivity contribution in [3.05, 3.63) is 0 Å². The van der Waals surface area contributed by atoms with Crippen molar-refractivity contribution in [3.63, 3.8) is 0 Å². The molecule has 0 aliphatic carbocycles. The summed E-state index contributed by atoms with van der Waals surface area (Å²) in [5, 5.41) is 0. The molecular formula is C49H78O21. The molecule has 8 aliphatic heterocycles. The number of cyclic esters (lactones) is 4. The van der Waals surface area contributed by atoms with Gasteiger partial charge in [0.05, 0.1) is 78.5 Å². The first kappa shape index (κ1) is 55.1. The molecule has 8 saturated heterocycles. The predicted octanol–water partition coefficient (Wildman–Crippen LogP) is 4.68. The molecule has 21 nitrogen and oxygen atoms in total. The lowest BCUT2D eigenvalue weighted by atomic mass is 10.0. The highest BCUT2D eigenvalue weighted by atomic mass is 16.8. The van der Waals surface area contributed by atoms with Gasteiger partial charge < -0.3 is 80.5 Å². The van der Waals surface area contributed by atoms with Crippen molar-refractivity contribution < 1.29 is 99.7 Å². The van der Waals surface area contributed by atoms with Gasteiger partial charge in [0.1, 0.15) is 62.0 Å². The number of fused-ring (bicyclic) bond motifs is 10. The van der Waals surface area contributed by atoms with E-state index in [1.54, 1.807) is 13.8 Å². The van der Waals surface area contributed by atoms with Gasteiger partial charge in [0.15, 0.2) is 34.7 Å². The van der Waals surface area contributed by atoms with E-state index < -0.39 is 89.4 Å². The molecule has 8 aliphatic rings. The standard InChI is InChI=1S/C28H46O10.C21H32O11/c1-19(2)16-28(5)34-18-21(36-28)25-24-20-17-33-26(3,35-20)12-10-22(29)31-14-8-6-7-9-15-32-23(30)11-13-27(4,37-24)38-25;1-19(2)27-11-13(29-19)17-18-14-12-28-20(3,30-14)9-15(22)25-7-5-24-6-8-26-16(23)10-21(4,31-17)32-18/h19-21,24-25H,6-18H2,1-5H3;13-14,17-18H,5-12H2,1-4H3. The van der Waals surface area contributed by atoms with E-state index in [4.69, 9.17) is 80.5 Å². The van der Waals surface area contributed by atoms with Crippen molar-refractivity contribution in [2.24, 2.45) is 5.92 Å². The van der Waals surface area contributed by atoms with E-state index in [2.05, 4.69) is 13.8 Å². The molecule has 8 bridgehead atoms. The highest BCUT2D eigenvalue weighted by Gasteiger charge is 2.59. The van der Waals surface area contributed by atoms with Crippen molar-refractivity contribution in [1.82, 2.24) is 0 Å². The summed E-state index contributed by atoms with van der Waals surface area (Å²) in [6, 6.07) is 0. The monoisotopic (exact) mass is 1000 g/mol. The smallest absolute Gasteiger partial charge is 0.311 e. The topological polar surface area (TPSA) is 225 Å². The molecular weight excluding hydrogens is 925 g/mol. The molecule has 70 heavy (non-hydrogen) atoms. The van der Waals surface area contributed by atoms with Gasteiger partial charge in [0.25, 0.3) is 0 Å². The Hall–Kier alpha value is -2.64. The summed E-state index contributed by atoms with van der Waals surface area (Å²) < 4.78 is 101. The normalized spacial score (nSPS) is 42.8. The zero-order valence-electron chi connectivity index (χ0n) is 42.6. The number of carbonyl (C=O) groups excluding carboxylic acids is 4. The van der Waals surface area contributed by atoms with Crippen molar-refractivity contribution in [3.8, 4) is 0 Å². The van der Waals surface area contributed by atoms with Crippen LogP contribution >= 0.6 is 0 Å². The minimum atomic E-state index is -1.25. The van der Waals surface area contributed by atoms with Crippen LogP contribution in [0.2, 0.25) is 0 Å². The van der Waals surface area contributed by atoms with Crippen LogP contribution in [0.1, 0.15) is 133 Å². The van der Waals surface area contributed by atoms with Gasteiger partial charge in [0.2, 0.25) is 0 Å². The molecule has 0 amide bonds. The summed E-state index contributed by atoms with van der Waals surface area (Å²) in [4.78, 5) is 49.3. The Bertz CT molecular complexity index is 1780. The Morgan fingerprint density at radius 2 is 0.857 bits per heavy atom. The van der Waals surface area contributed by atoms with Crippen LogP contribution in [-0.4, -0.2) is 174 Å². The van der Waals surface area contributed by atoms with Crippen LogP contribution in [0.15, 0.2) is 0 Å². The van der Waals surface area contributed by atoms with Gasteiger partial charge in [-0.25, -0.2) is 0 Å². The molecule has 13 atom stereocenters. The number of hydrogen-bond donors (Lipinski definition) is 0. The van der Waals surface area contributed by atoms with E-state index in [9.17, 15) is 19.2 Å². The maximum Gasteiger partial charge on any atom is 0.311 e. The van der Waals surface area contributed by atoms with Crippen LogP contribution in [-0.2, 0) is 99.7 Å². The van der Waals surface area contributed by atoms with Crippen LogP contribution in [0, 0.1) is 5.92 Å². The van der Waals surface area contributed by atoms with E-state index in [1.807, 2.05) is 34.6 Å². The summed E-state index contributed by atoms with van der Waals surface area (Å²) in [7, 11) is 0. The Morgan fingerprint density at radius 3 is 1.39 bits per heavy atom. The molecule has 0 N–H and O–H groups in total. The molecule has 0 saturated carbocycles. The fourth-order valence-corrected chi connectivity index (χ4v) is 10.1. The quantitative estimate of drug-likeness (QED) is 0.275. The van der Waals surface area contributed by atoms with Crippen LogP contribution in [0.4, 0.5) is 0 Å². The summed E-state index contributed by atoms with van der Waals surface area (Å²) >= 11 is 0. The van der Waals surface area contributed by atoms with Gasteiger partial charge in [-0.05, 0) is 80.1 Å². The second-order valence-electron chi connectivity index (χ2n) is 21.1. The van der Waals surface area contributed by atoms with Gasteiger partial charge in [-0.2, -0.15) is 0 Å². The van der Waals surface area contributed by atoms with Gasteiger partial charge in [0, 0.05) is 19.3 Å². The first-order valence-electron chi connectivity index (χ1n) is 25.2. The minimum absolute atomic E-state index is 0.0706. The summed E-state index contributed by atoms with van der Waals surface area (Å²) in [5.41, 5.74) is 0. The Balaban J connectivity index is 0.000000209. The van der Waals surface area contributed by atoms with E-state index >= 15 is 0 Å². The summed E-state index contributed by atoms with van der Waals surface area (Å²) in [5.74, 6) is -6.96. The zero-order valence-corrected chi connectivity index (χ0v) is 42.6. The average Bonchev–Trinajstić information content (AvgIpc) is 4.14. The third-order valence-corrected chi connectivity index (χ3v) is 13.4. The van der Waals surface area contributed by atoms with Gasteiger partial charge in [-0.3, -0.25) is 19.2 Å². The lowest BCUT2D eigenvalue weighted by molar-refractivity contribution is -0.203. The van der Waals surface area contributed by atoms with E-state index in [0.717, 1.165) is 32.1 Å². The molecule has 21 heteroatoms. The average molecular weight is 1000 g/mol. The SMILES string of the molecule is CC(C)CC1(C)OCC(C2OC3(C)CCC(=O)OCCCCCCOC(=O)CCC4(C)OCC(O4)C2O3)O1.CC1(C)OCC(C2OC3(C)CC(=O)OCCOCCOC(=O)CC4(C)OCC(O4)C2O3)O1. The van der Waals surface area contributed by atoms with Crippen LogP contribution in [0.3, 0.4) is 0 Å². The first-order chi connectivity index (χ1) is 33.0. The third kappa shape index (κ3) is 15.2. The molecule has 0 aromatic carbocycles. The number of rotatable bonds is 4. The highest BCUT2D eigenvalue weighted by molar-refractivity contribution is 5.71. The van der Waals surface area contributed by atoms with E-state index in [-0.39, 0.29) is 83.4 Å². The lowest BCUT2D eigenvalue weighted by Gasteiger charge is -2.29. The molecule has 0 aromatic rings. The lowest BCUT2D eigenvalue weighted by Crippen LogP contribution is -2.45. The number of hydrogen-bond acceptors (Lipinski definition) is 21. The highest BCUT2D eigenvalue weighted by Crippen LogP contribution is 2.45. The van der Waals surface area contributed by atoms with E-state index in [0.29, 0.717) is 45.2 Å². The largest absolute Gasteiger partial charge is 0.466 e. The molecule has 8 heterocycles. The van der Waals surface area contributed by atoms with Crippen molar-refractivity contribution >= 4 is 23.9 Å². The fourth-order valence-electron chi connectivity index (χ4n) is 10.1. The molecule has 0 aromatic heterocycles. The molecule has 0 spiro atoms. The van der Waals surface area contributed by atoms with Crippen molar-refractivity contribution in [2.45, 2.75) is 216 Å². The number of ether oxygens (including phenoxy) is 17. The second-order valence-corrected chi connectivity index (χ2v) is 21.1. The molecule has 13 unspecified atom stereocenters. The van der Waals surface area contributed by atoms with Gasteiger partial charge >= 0.3 is 23.9 Å². The Morgan fingerprint density at radius 1 is 0.429 bits per heavy atom. The van der Waals surface area contributed by atoms with Crippen LogP contribution < -0.4 is 0 Å². The van der Waals surface area contributed by atoms with Crippen molar-refractivity contribution in [2.75, 3.05) is 66.1 Å². The maximum atomic E-state index is 12.4. The predicted molar refractivity (Wildman–Crippen MR) is 239 cm³/mol. The second kappa shape index (κ2) is 23.3.